The van der Waals surface area contributed by atoms with Gasteiger partial charge in [-0.3, -0.25) is 9.59 Å². The average Bonchev–Trinajstić information content (AvgIpc) is 3.16. The Bertz CT molecular complexity index is 1090. The van der Waals surface area contributed by atoms with Gasteiger partial charge in [-0.2, -0.15) is 10.1 Å². The SMILES string of the molecule is CC(=O)Nc1ccc([C@@H]2C(C(=O)Nc3ccccc3)=C(C)Nc3ncnn32)cc1. The Labute approximate surface area is 167 Å². The number of rotatable bonds is 4. The van der Waals surface area contributed by atoms with Crippen LogP contribution in [0.1, 0.15) is 25.5 Å². The van der Waals surface area contributed by atoms with E-state index in [-0.39, 0.29) is 11.8 Å². The van der Waals surface area contributed by atoms with E-state index in [9.17, 15) is 9.59 Å². The molecule has 1 atom stereocenters. The highest BCUT2D eigenvalue weighted by molar-refractivity contribution is 6.06. The summed E-state index contributed by atoms with van der Waals surface area (Å²) < 4.78 is 1.68. The second-order valence-corrected chi connectivity index (χ2v) is 6.72. The van der Waals surface area contributed by atoms with Gasteiger partial charge >= 0.3 is 0 Å². The largest absolute Gasteiger partial charge is 0.328 e. The van der Waals surface area contributed by atoms with Gasteiger partial charge < -0.3 is 16.0 Å². The fourth-order valence-electron chi connectivity index (χ4n) is 3.37. The fraction of sp³-hybridized carbons (Fsp3) is 0.143. The Kier molecular flexibility index (Phi) is 4.82. The van der Waals surface area contributed by atoms with E-state index in [4.69, 9.17) is 0 Å². The van der Waals surface area contributed by atoms with Crippen molar-refractivity contribution < 1.29 is 9.59 Å². The lowest BCUT2D eigenvalue weighted by Crippen LogP contribution is -2.31. The van der Waals surface area contributed by atoms with Crippen LogP contribution in [0.2, 0.25) is 0 Å². The summed E-state index contributed by atoms with van der Waals surface area (Å²) in [5, 5.41) is 13.2. The molecule has 8 heteroatoms. The van der Waals surface area contributed by atoms with Crippen molar-refractivity contribution in [1.29, 1.82) is 0 Å². The molecule has 8 nitrogen and oxygen atoms in total. The van der Waals surface area contributed by atoms with Crippen molar-refractivity contribution in [3.05, 3.63) is 77.8 Å². The van der Waals surface area contributed by atoms with E-state index in [1.165, 1.54) is 13.3 Å². The van der Waals surface area contributed by atoms with Crippen molar-refractivity contribution in [2.75, 3.05) is 16.0 Å². The fourth-order valence-corrected chi connectivity index (χ4v) is 3.37. The van der Waals surface area contributed by atoms with Crippen molar-refractivity contribution in [2.45, 2.75) is 19.9 Å². The number of aromatic nitrogens is 3. The van der Waals surface area contributed by atoms with Crippen molar-refractivity contribution in [1.82, 2.24) is 14.8 Å². The highest BCUT2D eigenvalue weighted by Crippen LogP contribution is 2.35. The Hall–Kier alpha value is -3.94. The number of para-hydroxylation sites is 1. The molecule has 0 radical (unpaired) electrons. The van der Waals surface area contributed by atoms with Crippen LogP contribution in [0.4, 0.5) is 17.3 Å². The smallest absolute Gasteiger partial charge is 0.255 e. The van der Waals surface area contributed by atoms with E-state index in [1.807, 2.05) is 49.4 Å². The summed E-state index contributed by atoms with van der Waals surface area (Å²) in [6.45, 7) is 3.30. The molecular formula is C21H20N6O2. The van der Waals surface area contributed by atoms with Gasteiger partial charge in [0, 0.05) is 24.0 Å². The van der Waals surface area contributed by atoms with Crippen LogP contribution in [0.15, 0.2) is 72.2 Å². The number of hydrogen-bond donors (Lipinski definition) is 3. The zero-order valence-corrected chi connectivity index (χ0v) is 16.0. The standard InChI is InChI=1S/C21H20N6O2/c1-13-18(20(29)26-16-6-4-3-5-7-16)19(27-21(24-13)22-12-23-27)15-8-10-17(11-9-15)25-14(2)28/h3-12,19H,1-2H3,(H,25,28)(H,26,29)(H,22,23,24)/t19-/m1/s1. The van der Waals surface area contributed by atoms with Crippen molar-refractivity contribution in [3.63, 3.8) is 0 Å². The minimum atomic E-state index is -0.455. The second kappa shape index (κ2) is 7.59. The van der Waals surface area contributed by atoms with Crippen molar-refractivity contribution in [3.8, 4) is 0 Å². The molecular weight excluding hydrogens is 368 g/mol. The Morgan fingerprint density at radius 3 is 2.38 bits per heavy atom. The molecule has 0 spiro atoms. The Balaban J connectivity index is 1.72. The monoisotopic (exact) mass is 388 g/mol. The molecule has 0 bridgehead atoms. The summed E-state index contributed by atoms with van der Waals surface area (Å²) in [5.41, 5.74) is 3.49. The first kappa shape index (κ1) is 18.4. The average molecular weight is 388 g/mol. The normalized spacial score (nSPS) is 15.3. The first-order valence-corrected chi connectivity index (χ1v) is 9.14. The summed E-state index contributed by atoms with van der Waals surface area (Å²) in [4.78, 5) is 28.7. The van der Waals surface area contributed by atoms with Gasteiger partial charge in [-0.15, -0.1) is 0 Å². The Morgan fingerprint density at radius 2 is 1.69 bits per heavy atom. The minimum Gasteiger partial charge on any atom is -0.328 e. The molecule has 0 fully saturated rings. The number of carbonyl (C=O) groups excluding carboxylic acids is 2. The lowest BCUT2D eigenvalue weighted by atomic mass is 9.94. The van der Waals surface area contributed by atoms with E-state index in [1.54, 1.807) is 16.8 Å². The Morgan fingerprint density at radius 1 is 1.00 bits per heavy atom. The predicted molar refractivity (Wildman–Crippen MR) is 110 cm³/mol. The van der Waals surface area contributed by atoms with Crippen LogP contribution in [-0.2, 0) is 9.59 Å². The molecule has 3 N–H and O–H groups in total. The topological polar surface area (TPSA) is 101 Å². The van der Waals surface area contributed by atoms with E-state index < -0.39 is 6.04 Å². The molecule has 146 valence electrons. The van der Waals surface area contributed by atoms with E-state index >= 15 is 0 Å². The van der Waals surface area contributed by atoms with E-state index in [2.05, 4.69) is 26.0 Å². The number of hydrogen-bond acceptors (Lipinski definition) is 5. The second-order valence-electron chi connectivity index (χ2n) is 6.72. The first-order chi connectivity index (χ1) is 14.0. The molecule has 0 saturated carbocycles. The van der Waals surface area contributed by atoms with E-state index in [0.717, 1.165) is 5.56 Å². The number of nitrogens with zero attached hydrogens (tertiary/aromatic N) is 3. The van der Waals surface area contributed by atoms with Gasteiger partial charge in [0.05, 0.1) is 5.57 Å². The number of fused-ring (bicyclic) bond motifs is 1. The van der Waals surface area contributed by atoms with Crippen LogP contribution >= 0.6 is 0 Å². The zero-order chi connectivity index (χ0) is 20.4. The quantitative estimate of drug-likeness (QED) is 0.637. The van der Waals surface area contributed by atoms with Gasteiger partial charge in [0.1, 0.15) is 12.4 Å². The molecule has 1 aliphatic rings. The van der Waals surface area contributed by atoms with Gasteiger partial charge in [0.15, 0.2) is 0 Å². The minimum absolute atomic E-state index is 0.142. The van der Waals surface area contributed by atoms with Gasteiger partial charge in [-0.1, -0.05) is 30.3 Å². The maximum Gasteiger partial charge on any atom is 0.255 e. The summed E-state index contributed by atoms with van der Waals surface area (Å²) in [6.07, 6.45) is 1.45. The van der Waals surface area contributed by atoms with Gasteiger partial charge in [-0.05, 0) is 36.8 Å². The van der Waals surface area contributed by atoms with Crippen LogP contribution in [-0.4, -0.2) is 26.6 Å². The molecule has 3 aromatic rings. The molecule has 0 unspecified atom stereocenters. The molecule has 0 saturated heterocycles. The molecule has 1 aliphatic heterocycles. The lowest BCUT2D eigenvalue weighted by molar-refractivity contribution is -0.114. The number of amides is 2. The van der Waals surface area contributed by atoms with Gasteiger partial charge in [-0.25, -0.2) is 4.68 Å². The number of benzene rings is 2. The van der Waals surface area contributed by atoms with Gasteiger partial charge in [0.2, 0.25) is 11.9 Å². The molecule has 4 rings (SSSR count). The highest BCUT2D eigenvalue weighted by Gasteiger charge is 2.33. The third kappa shape index (κ3) is 3.73. The highest BCUT2D eigenvalue weighted by atomic mass is 16.2. The molecule has 29 heavy (non-hydrogen) atoms. The number of allylic oxidation sites excluding steroid dienone is 1. The third-order valence-corrected chi connectivity index (χ3v) is 4.62. The number of anilines is 3. The van der Waals surface area contributed by atoms with Gasteiger partial charge in [0.25, 0.3) is 5.91 Å². The predicted octanol–water partition coefficient (Wildman–Crippen LogP) is 3.16. The zero-order valence-electron chi connectivity index (χ0n) is 16.0. The van der Waals surface area contributed by atoms with E-state index in [0.29, 0.717) is 28.6 Å². The molecule has 2 amide bonds. The van der Waals surface area contributed by atoms with Crippen molar-refractivity contribution >= 4 is 29.1 Å². The lowest BCUT2D eigenvalue weighted by Gasteiger charge is -2.28. The molecule has 1 aromatic heterocycles. The van der Waals surface area contributed by atoms with Crippen LogP contribution in [0.25, 0.3) is 0 Å². The first-order valence-electron chi connectivity index (χ1n) is 9.14. The summed E-state index contributed by atoms with van der Waals surface area (Å²) in [5.74, 6) is 0.199. The summed E-state index contributed by atoms with van der Waals surface area (Å²) in [6, 6.07) is 16.2. The molecule has 0 aliphatic carbocycles. The van der Waals surface area contributed by atoms with Crippen LogP contribution in [0.3, 0.4) is 0 Å². The third-order valence-electron chi connectivity index (χ3n) is 4.62. The summed E-state index contributed by atoms with van der Waals surface area (Å²) >= 11 is 0. The summed E-state index contributed by atoms with van der Waals surface area (Å²) in [7, 11) is 0. The maximum absolute atomic E-state index is 13.2. The number of carbonyl (C=O) groups is 2. The van der Waals surface area contributed by atoms with Crippen LogP contribution in [0.5, 0.6) is 0 Å². The van der Waals surface area contributed by atoms with Crippen LogP contribution < -0.4 is 16.0 Å². The van der Waals surface area contributed by atoms with Crippen molar-refractivity contribution in [2.24, 2.45) is 0 Å². The van der Waals surface area contributed by atoms with Crippen LogP contribution in [0, 0.1) is 0 Å². The molecule has 2 aromatic carbocycles. The number of nitrogens with one attached hydrogen (secondary N) is 3. The maximum atomic E-state index is 13.2. The molecule has 2 heterocycles.